The summed E-state index contributed by atoms with van der Waals surface area (Å²) < 4.78 is 6.87. The maximum atomic E-state index is 11.0. The zero-order chi connectivity index (χ0) is 9.97. The van der Waals surface area contributed by atoms with Gasteiger partial charge in [0.05, 0.1) is 6.61 Å². The van der Waals surface area contributed by atoms with Crippen LogP contribution < -0.4 is 5.43 Å². The van der Waals surface area contributed by atoms with Crippen LogP contribution in [0.15, 0.2) is 29.3 Å². The summed E-state index contributed by atoms with van der Waals surface area (Å²) in [4.78, 5) is 14.2. The van der Waals surface area contributed by atoms with Gasteiger partial charge in [0.25, 0.3) is 0 Å². The molecule has 0 fully saturated rings. The SMILES string of the molecule is COCCc1cn2ccc(=O)cc2[nH]1. The molecule has 2 aromatic heterocycles. The van der Waals surface area contributed by atoms with Crippen molar-refractivity contribution < 1.29 is 4.74 Å². The number of H-pyrrole nitrogens is 1. The van der Waals surface area contributed by atoms with E-state index in [-0.39, 0.29) is 5.43 Å². The molecule has 14 heavy (non-hydrogen) atoms. The highest BCUT2D eigenvalue weighted by Crippen LogP contribution is 2.02. The number of nitrogens with one attached hydrogen (secondary N) is 1. The van der Waals surface area contributed by atoms with Crippen molar-refractivity contribution in [2.45, 2.75) is 6.42 Å². The molecule has 0 bridgehead atoms. The van der Waals surface area contributed by atoms with E-state index in [1.807, 2.05) is 10.6 Å². The summed E-state index contributed by atoms with van der Waals surface area (Å²) in [6, 6.07) is 3.12. The van der Waals surface area contributed by atoms with Crippen molar-refractivity contribution in [3.63, 3.8) is 0 Å². The Morgan fingerprint density at radius 1 is 1.57 bits per heavy atom. The number of fused-ring (bicyclic) bond motifs is 1. The van der Waals surface area contributed by atoms with Gasteiger partial charge in [0.2, 0.25) is 0 Å². The fourth-order valence-corrected chi connectivity index (χ4v) is 1.41. The largest absolute Gasteiger partial charge is 0.384 e. The molecule has 2 heterocycles. The van der Waals surface area contributed by atoms with Crippen molar-refractivity contribution in [2.24, 2.45) is 0 Å². The van der Waals surface area contributed by atoms with Crippen LogP contribution in [0.4, 0.5) is 0 Å². The van der Waals surface area contributed by atoms with Gasteiger partial charge in [0, 0.05) is 43.8 Å². The summed E-state index contributed by atoms with van der Waals surface area (Å²) in [5, 5.41) is 0. The van der Waals surface area contributed by atoms with Gasteiger partial charge in [-0.05, 0) is 0 Å². The van der Waals surface area contributed by atoms with Gasteiger partial charge in [-0.15, -0.1) is 0 Å². The molecule has 0 unspecified atom stereocenters. The van der Waals surface area contributed by atoms with Gasteiger partial charge in [-0.25, -0.2) is 0 Å². The molecule has 0 aromatic carbocycles. The molecule has 0 aliphatic heterocycles. The van der Waals surface area contributed by atoms with Gasteiger partial charge in [0.1, 0.15) is 5.65 Å². The van der Waals surface area contributed by atoms with Crippen LogP contribution >= 0.6 is 0 Å². The maximum Gasteiger partial charge on any atom is 0.183 e. The first kappa shape index (κ1) is 9.02. The molecule has 1 N–H and O–H groups in total. The van der Waals surface area contributed by atoms with Crippen molar-refractivity contribution in [3.8, 4) is 0 Å². The third-order valence-corrected chi connectivity index (χ3v) is 2.12. The van der Waals surface area contributed by atoms with Crippen molar-refractivity contribution >= 4 is 5.65 Å². The van der Waals surface area contributed by atoms with E-state index in [1.165, 1.54) is 0 Å². The van der Waals surface area contributed by atoms with Gasteiger partial charge < -0.3 is 14.1 Å². The van der Waals surface area contributed by atoms with Gasteiger partial charge in [-0.3, -0.25) is 4.79 Å². The van der Waals surface area contributed by atoms with E-state index in [0.717, 1.165) is 17.8 Å². The smallest absolute Gasteiger partial charge is 0.183 e. The van der Waals surface area contributed by atoms with E-state index < -0.39 is 0 Å². The molecule has 0 spiro atoms. The molecule has 74 valence electrons. The molecular formula is C10H12N2O2. The summed E-state index contributed by atoms with van der Waals surface area (Å²) in [5.41, 5.74) is 1.91. The number of methoxy groups -OCH3 is 1. The second-order valence-corrected chi connectivity index (χ2v) is 3.18. The highest BCUT2D eigenvalue weighted by molar-refractivity contribution is 5.39. The second kappa shape index (κ2) is 3.67. The van der Waals surface area contributed by atoms with Gasteiger partial charge in [-0.1, -0.05) is 0 Å². The number of hydrogen-bond acceptors (Lipinski definition) is 2. The van der Waals surface area contributed by atoms with Crippen molar-refractivity contribution in [1.82, 2.24) is 9.38 Å². The highest BCUT2D eigenvalue weighted by Gasteiger charge is 1.99. The average Bonchev–Trinajstić information content (AvgIpc) is 2.56. The van der Waals surface area contributed by atoms with E-state index in [1.54, 1.807) is 25.4 Å². The Labute approximate surface area is 81.1 Å². The molecule has 4 heteroatoms. The molecule has 0 aliphatic rings. The van der Waals surface area contributed by atoms with Gasteiger partial charge in [0.15, 0.2) is 5.43 Å². The normalized spacial score (nSPS) is 10.9. The average molecular weight is 192 g/mol. The number of ether oxygens (including phenoxy) is 1. The van der Waals surface area contributed by atoms with E-state index >= 15 is 0 Å². The van der Waals surface area contributed by atoms with E-state index in [4.69, 9.17) is 4.74 Å². The number of rotatable bonds is 3. The molecule has 0 saturated carbocycles. The lowest BCUT2D eigenvalue weighted by Crippen LogP contribution is -1.97. The van der Waals surface area contributed by atoms with Crippen LogP contribution in [0.25, 0.3) is 5.65 Å². The quantitative estimate of drug-likeness (QED) is 0.782. The van der Waals surface area contributed by atoms with Crippen LogP contribution in [0.2, 0.25) is 0 Å². The number of aromatic nitrogens is 2. The minimum atomic E-state index is 0.0186. The highest BCUT2D eigenvalue weighted by atomic mass is 16.5. The molecule has 4 nitrogen and oxygen atoms in total. The van der Waals surface area contributed by atoms with Crippen LogP contribution in [0.1, 0.15) is 5.69 Å². The minimum absolute atomic E-state index is 0.0186. The van der Waals surface area contributed by atoms with Gasteiger partial charge >= 0.3 is 0 Å². The van der Waals surface area contributed by atoms with Crippen LogP contribution in [0, 0.1) is 0 Å². The number of imidazole rings is 1. The topological polar surface area (TPSA) is 46.5 Å². The lowest BCUT2D eigenvalue weighted by molar-refractivity contribution is 0.201. The Hall–Kier alpha value is -1.55. The molecule has 2 aromatic rings. The van der Waals surface area contributed by atoms with E-state index in [9.17, 15) is 4.79 Å². The Bertz CT molecular complexity index is 484. The Morgan fingerprint density at radius 3 is 3.21 bits per heavy atom. The molecule has 0 saturated heterocycles. The fraction of sp³-hybridized carbons (Fsp3) is 0.300. The lowest BCUT2D eigenvalue weighted by atomic mass is 10.3. The summed E-state index contributed by atoms with van der Waals surface area (Å²) in [6.07, 6.45) is 4.55. The number of hydrogen-bond donors (Lipinski definition) is 1. The van der Waals surface area contributed by atoms with Crippen LogP contribution in [-0.4, -0.2) is 23.1 Å². The van der Waals surface area contributed by atoms with Crippen LogP contribution in [0.3, 0.4) is 0 Å². The fourth-order valence-electron chi connectivity index (χ4n) is 1.41. The summed E-state index contributed by atoms with van der Waals surface area (Å²) in [5.74, 6) is 0. The predicted octanol–water partition coefficient (Wildman–Crippen LogP) is 0.817. The third kappa shape index (κ3) is 1.70. The predicted molar refractivity (Wildman–Crippen MR) is 53.6 cm³/mol. The standard InChI is InChI=1S/C10H12N2O2/c1-14-5-3-8-7-12-4-2-9(13)6-10(12)11-8/h2,4,6-7,11H,3,5H2,1H3. The number of nitrogens with zero attached hydrogens (tertiary/aromatic N) is 1. The third-order valence-electron chi connectivity index (χ3n) is 2.12. The van der Waals surface area contributed by atoms with E-state index in [0.29, 0.717) is 6.61 Å². The number of pyridine rings is 1. The maximum absolute atomic E-state index is 11.0. The lowest BCUT2D eigenvalue weighted by Gasteiger charge is -1.93. The Morgan fingerprint density at radius 2 is 2.43 bits per heavy atom. The molecule has 2 rings (SSSR count). The summed E-state index contributed by atoms with van der Waals surface area (Å²) >= 11 is 0. The van der Waals surface area contributed by atoms with Crippen LogP contribution in [-0.2, 0) is 11.2 Å². The first-order chi connectivity index (χ1) is 6.79. The first-order valence-electron chi connectivity index (χ1n) is 4.48. The zero-order valence-electron chi connectivity index (χ0n) is 7.99. The van der Waals surface area contributed by atoms with Crippen LogP contribution in [0.5, 0.6) is 0 Å². The minimum Gasteiger partial charge on any atom is -0.384 e. The van der Waals surface area contributed by atoms with Crippen molar-refractivity contribution in [1.29, 1.82) is 0 Å². The molecule has 0 atom stereocenters. The Balaban J connectivity index is 2.36. The summed E-state index contributed by atoms with van der Waals surface area (Å²) in [6.45, 7) is 0.678. The Kier molecular flexibility index (Phi) is 2.37. The molecular weight excluding hydrogens is 180 g/mol. The molecule has 0 aliphatic carbocycles. The first-order valence-corrected chi connectivity index (χ1v) is 4.48. The monoisotopic (exact) mass is 192 g/mol. The molecule has 0 radical (unpaired) electrons. The van der Waals surface area contributed by atoms with Crippen molar-refractivity contribution in [2.75, 3.05) is 13.7 Å². The van der Waals surface area contributed by atoms with Gasteiger partial charge in [-0.2, -0.15) is 0 Å². The van der Waals surface area contributed by atoms with E-state index in [2.05, 4.69) is 4.98 Å². The zero-order valence-corrected chi connectivity index (χ0v) is 7.99. The summed E-state index contributed by atoms with van der Waals surface area (Å²) in [7, 11) is 1.67. The number of aromatic amines is 1. The molecule has 0 amide bonds. The van der Waals surface area contributed by atoms with Crippen molar-refractivity contribution in [3.05, 3.63) is 40.4 Å². The second-order valence-electron chi connectivity index (χ2n) is 3.18.